The number of hydrogen-bond donors (Lipinski definition) is 1. The van der Waals surface area contributed by atoms with Gasteiger partial charge in [-0.15, -0.1) is 0 Å². The van der Waals surface area contributed by atoms with Gasteiger partial charge in [0.05, 0.1) is 6.17 Å². The van der Waals surface area contributed by atoms with Gasteiger partial charge in [0.25, 0.3) is 0 Å². The summed E-state index contributed by atoms with van der Waals surface area (Å²) in [5.41, 5.74) is 6.49. The van der Waals surface area contributed by atoms with Crippen molar-refractivity contribution in [1.82, 2.24) is 4.90 Å². The lowest BCUT2D eigenvalue weighted by Gasteiger charge is -2.20. The van der Waals surface area contributed by atoms with Crippen molar-refractivity contribution in [3.05, 3.63) is 35.9 Å². The predicted molar refractivity (Wildman–Crippen MR) is 58.0 cm³/mol. The minimum Gasteiger partial charge on any atom is -0.445 e. The van der Waals surface area contributed by atoms with E-state index in [1.54, 1.807) is 14.0 Å². The Morgan fingerprint density at radius 3 is 2.60 bits per heavy atom. The molecule has 82 valence electrons. The van der Waals surface area contributed by atoms with Gasteiger partial charge in [0.15, 0.2) is 0 Å². The number of hydrogen-bond acceptors (Lipinski definition) is 3. The van der Waals surface area contributed by atoms with Crippen LogP contribution in [0.4, 0.5) is 4.79 Å². The number of benzene rings is 1. The molecule has 0 bridgehead atoms. The molecule has 0 aliphatic rings. The fraction of sp³-hybridized carbons (Fsp3) is 0.364. The van der Waals surface area contributed by atoms with Crippen molar-refractivity contribution in [1.29, 1.82) is 0 Å². The van der Waals surface area contributed by atoms with Gasteiger partial charge in [0, 0.05) is 7.05 Å². The molecule has 2 N–H and O–H groups in total. The van der Waals surface area contributed by atoms with E-state index in [4.69, 9.17) is 10.5 Å². The third-order valence-corrected chi connectivity index (χ3v) is 2.10. The number of carbonyl (C=O) groups is 1. The van der Waals surface area contributed by atoms with Gasteiger partial charge >= 0.3 is 6.09 Å². The average Bonchev–Trinajstić information content (AvgIpc) is 2.26. The molecule has 4 heteroatoms. The van der Waals surface area contributed by atoms with E-state index in [0.717, 1.165) is 5.56 Å². The molecular weight excluding hydrogens is 192 g/mol. The molecule has 1 unspecified atom stereocenters. The maximum absolute atomic E-state index is 11.4. The van der Waals surface area contributed by atoms with E-state index in [1.807, 2.05) is 30.3 Å². The summed E-state index contributed by atoms with van der Waals surface area (Å²) in [6.45, 7) is 2.00. The molecule has 1 amide bonds. The third-order valence-electron chi connectivity index (χ3n) is 2.10. The second kappa shape index (κ2) is 5.36. The molecule has 0 heterocycles. The van der Waals surface area contributed by atoms with Crippen molar-refractivity contribution in [3.63, 3.8) is 0 Å². The van der Waals surface area contributed by atoms with Crippen molar-refractivity contribution in [3.8, 4) is 0 Å². The monoisotopic (exact) mass is 208 g/mol. The molecule has 0 fully saturated rings. The van der Waals surface area contributed by atoms with Gasteiger partial charge in [-0.25, -0.2) is 4.79 Å². The standard InChI is InChI=1S/C11H16N2O2/c1-9(12)13(2)11(14)15-8-10-6-4-3-5-7-10/h3-7,9H,8,12H2,1-2H3. The summed E-state index contributed by atoms with van der Waals surface area (Å²) in [5, 5.41) is 0. The minimum absolute atomic E-state index is 0.275. The highest BCUT2D eigenvalue weighted by Gasteiger charge is 2.12. The third kappa shape index (κ3) is 3.59. The molecule has 0 spiro atoms. The summed E-state index contributed by atoms with van der Waals surface area (Å²) in [7, 11) is 1.61. The first kappa shape index (κ1) is 11.5. The van der Waals surface area contributed by atoms with Crippen LogP contribution >= 0.6 is 0 Å². The molecule has 0 aromatic heterocycles. The number of amides is 1. The molecule has 1 rings (SSSR count). The molecule has 15 heavy (non-hydrogen) atoms. The Hall–Kier alpha value is -1.55. The van der Waals surface area contributed by atoms with E-state index in [1.165, 1.54) is 4.90 Å². The normalized spacial score (nSPS) is 11.9. The maximum atomic E-state index is 11.4. The Labute approximate surface area is 89.6 Å². The fourth-order valence-electron chi connectivity index (χ4n) is 0.987. The van der Waals surface area contributed by atoms with Gasteiger partial charge in [-0.1, -0.05) is 30.3 Å². The zero-order chi connectivity index (χ0) is 11.3. The number of carbonyl (C=O) groups excluding carboxylic acids is 1. The molecule has 0 saturated heterocycles. The zero-order valence-electron chi connectivity index (χ0n) is 9.01. The first-order chi connectivity index (χ1) is 7.11. The molecule has 1 atom stereocenters. The maximum Gasteiger partial charge on any atom is 0.411 e. The average molecular weight is 208 g/mol. The molecule has 0 radical (unpaired) electrons. The quantitative estimate of drug-likeness (QED) is 0.767. The highest BCUT2D eigenvalue weighted by molar-refractivity contribution is 5.67. The molecule has 1 aromatic carbocycles. The fourth-order valence-corrected chi connectivity index (χ4v) is 0.987. The van der Waals surface area contributed by atoms with Crippen LogP contribution in [0.3, 0.4) is 0 Å². The Balaban J connectivity index is 2.41. The van der Waals surface area contributed by atoms with E-state index in [-0.39, 0.29) is 12.8 Å². The summed E-state index contributed by atoms with van der Waals surface area (Å²) >= 11 is 0. The van der Waals surface area contributed by atoms with Crippen LogP contribution in [-0.4, -0.2) is 24.2 Å². The van der Waals surface area contributed by atoms with E-state index < -0.39 is 6.09 Å². The summed E-state index contributed by atoms with van der Waals surface area (Å²) in [6.07, 6.45) is -0.748. The number of ether oxygens (including phenoxy) is 1. The van der Waals surface area contributed by atoms with E-state index in [2.05, 4.69) is 0 Å². The second-order valence-corrected chi connectivity index (χ2v) is 3.39. The lowest BCUT2D eigenvalue weighted by Crippen LogP contribution is -2.41. The van der Waals surface area contributed by atoms with Crippen LogP contribution in [0.2, 0.25) is 0 Å². The van der Waals surface area contributed by atoms with E-state index in [9.17, 15) is 4.79 Å². The van der Waals surface area contributed by atoms with Crippen LogP contribution in [0, 0.1) is 0 Å². The first-order valence-corrected chi connectivity index (χ1v) is 4.80. The van der Waals surface area contributed by atoms with Crippen molar-refractivity contribution in [2.45, 2.75) is 19.7 Å². The van der Waals surface area contributed by atoms with Crippen molar-refractivity contribution in [2.75, 3.05) is 7.05 Å². The predicted octanol–water partition coefficient (Wildman–Crippen LogP) is 1.56. The number of nitrogens with two attached hydrogens (primary N) is 1. The Morgan fingerprint density at radius 2 is 2.07 bits per heavy atom. The zero-order valence-corrected chi connectivity index (χ0v) is 9.01. The summed E-state index contributed by atoms with van der Waals surface area (Å²) in [5.74, 6) is 0. The lowest BCUT2D eigenvalue weighted by molar-refractivity contribution is 0.0944. The molecule has 1 aromatic rings. The van der Waals surface area contributed by atoms with Crippen LogP contribution < -0.4 is 5.73 Å². The number of rotatable bonds is 3. The Kier molecular flexibility index (Phi) is 4.12. The highest BCUT2D eigenvalue weighted by atomic mass is 16.6. The minimum atomic E-state index is -0.408. The summed E-state index contributed by atoms with van der Waals surface area (Å²) in [4.78, 5) is 12.7. The van der Waals surface area contributed by atoms with Gasteiger partial charge in [-0.2, -0.15) is 0 Å². The Bertz CT molecular complexity index is 312. The van der Waals surface area contributed by atoms with Gasteiger partial charge in [-0.05, 0) is 12.5 Å². The Morgan fingerprint density at radius 1 is 1.47 bits per heavy atom. The van der Waals surface area contributed by atoms with E-state index in [0.29, 0.717) is 0 Å². The van der Waals surface area contributed by atoms with Crippen molar-refractivity contribution < 1.29 is 9.53 Å². The molecule has 0 saturated carbocycles. The van der Waals surface area contributed by atoms with Gasteiger partial charge in [0.1, 0.15) is 6.61 Å². The molecule has 0 aliphatic carbocycles. The van der Waals surface area contributed by atoms with Crippen molar-refractivity contribution in [2.24, 2.45) is 5.73 Å². The van der Waals surface area contributed by atoms with Crippen molar-refractivity contribution >= 4 is 6.09 Å². The second-order valence-electron chi connectivity index (χ2n) is 3.39. The van der Waals surface area contributed by atoms with E-state index >= 15 is 0 Å². The van der Waals surface area contributed by atoms with Gasteiger partial charge < -0.3 is 10.5 Å². The van der Waals surface area contributed by atoms with Crippen LogP contribution in [0.5, 0.6) is 0 Å². The lowest BCUT2D eigenvalue weighted by atomic mass is 10.2. The largest absolute Gasteiger partial charge is 0.445 e. The van der Waals surface area contributed by atoms with Gasteiger partial charge in [-0.3, -0.25) is 4.90 Å². The van der Waals surface area contributed by atoms with Gasteiger partial charge in [0.2, 0.25) is 0 Å². The summed E-state index contributed by atoms with van der Waals surface area (Å²) < 4.78 is 5.06. The van der Waals surface area contributed by atoms with Crippen LogP contribution in [0.15, 0.2) is 30.3 Å². The van der Waals surface area contributed by atoms with Crippen LogP contribution in [0.1, 0.15) is 12.5 Å². The number of nitrogens with zero attached hydrogens (tertiary/aromatic N) is 1. The van der Waals surface area contributed by atoms with Crippen LogP contribution in [-0.2, 0) is 11.3 Å². The molecule has 0 aliphatic heterocycles. The highest BCUT2D eigenvalue weighted by Crippen LogP contribution is 2.02. The summed E-state index contributed by atoms with van der Waals surface area (Å²) in [6, 6.07) is 9.52. The molecular formula is C11H16N2O2. The smallest absolute Gasteiger partial charge is 0.411 e. The molecule has 4 nitrogen and oxygen atoms in total. The first-order valence-electron chi connectivity index (χ1n) is 4.80. The SMILES string of the molecule is CC(N)N(C)C(=O)OCc1ccccc1. The topological polar surface area (TPSA) is 55.6 Å². The van der Waals surface area contributed by atoms with Crippen LogP contribution in [0.25, 0.3) is 0 Å².